The van der Waals surface area contributed by atoms with E-state index in [0.717, 1.165) is 0 Å². The molecule has 3 N–H and O–H groups in total. The van der Waals surface area contributed by atoms with E-state index in [4.69, 9.17) is 17.3 Å². The molecule has 1 aliphatic rings. The zero-order chi connectivity index (χ0) is 15.2. The van der Waals surface area contributed by atoms with Crippen LogP contribution in [0.2, 0.25) is 0 Å². The fourth-order valence-electron chi connectivity index (χ4n) is 1.85. The third-order valence-corrected chi connectivity index (χ3v) is 3.12. The molecule has 0 aliphatic heterocycles. The number of benzene rings is 1. The van der Waals surface area contributed by atoms with Crippen molar-refractivity contribution < 1.29 is 27.1 Å². The number of nitrogens with two attached hydrogens (primary N) is 1. The van der Waals surface area contributed by atoms with Crippen LogP contribution in [-0.2, 0) is 0 Å². The Morgan fingerprint density at radius 1 is 1.15 bits per heavy atom. The smallest absolute Gasteiger partial charge is 0.219 e. The van der Waals surface area contributed by atoms with Crippen molar-refractivity contribution in [2.75, 3.05) is 0 Å². The predicted octanol–water partition coefficient (Wildman–Crippen LogP) is 3.82. The molecule has 0 amide bonds. The maximum absolute atomic E-state index is 14.1. The molecule has 0 radical (unpaired) electrons. The molecule has 0 saturated heterocycles. The van der Waals surface area contributed by atoms with E-state index in [1.165, 1.54) is 0 Å². The standard InChI is InChI=1S/C12H7ClF5NO/c13-12(18)3-7(20)11(19)10(17)8(12)4-1-5(14)9(16)6(15)2-4/h1-2,20H,3,19H2. The van der Waals surface area contributed by atoms with Crippen LogP contribution in [-0.4, -0.2) is 10.2 Å². The van der Waals surface area contributed by atoms with Crippen molar-refractivity contribution >= 4 is 17.2 Å². The second-order valence-corrected chi connectivity index (χ2v) is 4.78. The topological polar surface area (TPSA) is 46.2 Å². The number of halogens is 6. The Bertz CT molecular complexity index is 630. The molecule has 2 nitrogen and oxygen atoms in total. The molecular weight excluding hydrogens is 305 g/mol. The second-order valence-electron chi connectivity index (χ2n) is 4.18. The quantitative estimate of drug-likeness (QED) is 0.470. The molecule has 2 rings (SSSR count). The molecule has 0 aromatic heterocycles. The minimum atomic E-state index is -2.96. The number of hydrogen-bond donors (Lipinski definition) is 2. The monoisotopic (exact) mass is 311 g/mol. The summed E-state index contributed by atoms with van der Waals surface area (Å²) in [5.41, 5.74) is 2.78. The molecule has 20 heavy (non-hydrogen) atoms. The Morgan fingerprint density at radius 3 is 2.15 bits per heavy atom. The molecule has 0 fully saturated rings. The van der Waals surface area contributed by atoms with E-state index in [-0.39, 0.29) is 0 Å². The first-order chi connectivity index (χ1) is 9.15. The van der Waals surface area contributed by atoms with Crippen LogP contribution in [0.1, 0.15) is 12.0 Å². The van der Waals surface area contributed by atoms with Crippen LogP contribution in [0.4, 0.5) is 22.0 Å². The van der Waals surface area contributed by atoms with Gasteiger partial charge in [-0.15, -0.1) is 0 Å². The van der Waals surface area contributed by atoms with Crippen LogP contribution in [0.3, 0.4) is 0 Å². The average molecular weight is 312 g/mol. The lowest BCUT2D eigenvalue weighted by Crippen LogP contribution is -2.26. The summed E-state index contributed by atoms with van der Waals surface area (Å²) < 4.78 is 67.2. The van der Waals surface area contributed by atoms with Crippen molar-refractivity contribution in [2.45, 2.75) is 11.5 Å². The molecule has 1 aliphatic carbocycles. The average Bonchev–Trinajstić information content (AvgIpc) is 2.32. The zero-order valence-electron chi connectivity index (χ0n) is 9.65. The highest BCUT2D eigenvalue weighted by atomic mass is 35.5. The molecule has 0 heterocycles. The first-order valence-electron chi connectivity index (χ1n) is 5.26. The number of allylic oxidation sites excluding steroid dienone is 3. The van der Waals surface area contributed by atoms with E-state index in [0.29, 0.717) is 12.1 Å². The number of aliphatic hydroxyl groups excluding tert-OH is 1. The van der Waals surface area contributed by atoms with Gasteiger partial charge >= 0.3 is 0 Å². The highest BCUT2D eigenvalue weighted by molar-refractivity contribution is 6.29. The Labute approximate surface area is 115 Å². The third kappa shape index (κ3) is 2.22. The van der Waals surface area contributed by atoms with Gasteiger partial charge in [-0.25, -0.2) is 22.0 Å². The highest BCUT2D eigenvalue weighted by Gasteiger charge is 2.42. The lowest BCUT2D eigenvalue weighted by Gasteiger charge is -2.27. The zero-order valence-corrected chi connectivity index (χ0v) is 10.4. The summed E-state index contributed by atoms with van der Waals surface area (Å²) in [6.07, 6.45) is -0.885. The molecule has 1 atom stereocenters. The number of aliphatic hydroxyl groups is 1. The number of hydrogen-bond acceptors (Lipinski definition) is 2. The van der Waals surface area contributed by atoms with E-state index in [1.807, 2.05) is 0 Å². The van der Waals surface area contributed by atoms with Gasteiger partial charge < -0.3 is 10.8 Å². The van der Waals surface area contributed by atoms with Gasteiger partial charge in [0.25, 0.3) is 0 Å². The molecule has 0 spiro atoms. The van der Waals surface area contributed by atoms with Crippen LogP contribution >= 0.6 is 11.6 Å². The van der Waals surface area contributed by atoms with Crippen molar-refractivity contribution in [1.82, 2.24) is 0 Å². The lowest BCUT2D eigenvalue weighted by molar-refractivity contribution is 0.280. The Morgan fingerprint density at radius 2 is 1.65 bits per heavy atom. The van der Waals surface area contributed by atoms with Crippen molar-refractivity contribution in [2.24, 2.45) is 5.73 Å². The molecule has 1 aromatic carbocycles. The van der Waals surface area contributed by atoms with Crippen molar-refractivity contribution in [3.8, 4) is 0 Å². The minimum Gasteiger partial charge on any atom is -0.510 e. The van der Waals surface area contributed by atoms with Crippen LogP contribution in [0.25, 0.3) is 5.57 Å². The van der Waals surface area contributed by atoms with E-state index < -0.39 is 57.4 Å². The van der Waals surface area contributed by atoms with Crippen LogP contribution in [0.15, 0.2) is 29.4 Å². The Hall–Kier alpha value is -1.76. The molecule has 1 aromatic rings. The van der Waals surface area contributed by atoms with Crippen molar-refractivity contribution in [3.05, 3.63) is 52.4 Å². The summed E-state index contributed by atoms with van der Waals surface area (Å²) in [6, 6.07) is 0.777. The van der Waals surface area contributed by atoms with Crippen LogP contribution < -0.4 is 5.73 Å². The van der Waals surface area contributed by atoms with E-state index in [2.05, 4.69) is 0 Å². The Balaban J connectivity index is 2.72. The van der Waals surface area contributed by atoms with Crippen LogP contribution in [0.5, 0.6) is 0 Å². The van der Waals surface area contributed by atoms with E-state index in [9.17, 15) is 27.1 Å². The van der Waals surface area contributed by atoms with Gasteiger partial charge in [0.1, 0.15) is 11.5 Å². The minimum absolute atomic E-state index is 0.389. The van der Waals surface area contributed by atoms with Crippen molar-refractivity contribution in [1.29, 1.82) is 0 Å². The summed E-state index contributed by atoms with van der Waals surface area (Å²) in [5, 5.41) is 6.29. The number of rotatable bonds is 1. The van der Waals surface area contributed by atoms with Gasteiger partial charge in [-0.1, -0.05) is 11.6 Å². The second kappa shape index (κ2) is 4.66. The third-order valence-electron chi connectivity index (χ3n) is 2.79. The summed E-state index contributed by atoms with van der Waals surface area (Å²) >= 11 is 5.42. The maximum Gasteiger partial charge on any atom is 0.219 e. The molecular formula is C12H7ClF5NO. The van der Waals surface area contributed by atoms with Gasteiger partial charge in [0, 0.05) is 0 Å². The lowest BCUT2D eigenvalue weighted by atomic mass is 9.91. The van der Waals surface area contributed by atoms with Gasteiger partial charge in [0.2, 0.25) is 5.13 Å². The fraction of sp³-hybridized carbons (Fsp3) is 0.167. The summed E-state index contributed by atoms with van der Waals surface area (Å²) in [5.74, 6) is -7.34. The normalized spacial score (nSPS) is 23.5. The van der Waals surface area contributed by atoms with Gasteiger partial charge in [-0.2, -0.15) is 0 Å². The highest BCUT2D eigenvalue weighted by Crippen LogP contribution is 2.46. The van der Waals surface area contributed by atoms with Gasteiger partial charge in [0.05, 0.1) is 12.0 Å². The Kier molecular flexibility index (Phi) is 3.41. The molecule has 108 valence electrons. The SMILES string of the molecule is NC1=C(O)CC(F)(Cl)C(c2cc(F)c(F)c(F)c2)=C1F. The summed E-state index contributed by atoms with van der Waals surface area (Å²) in [7, 11) is 0. The van der Waals surface area contributed by atoms with Gasteiger partial charge in [-0.3, -0.25) is 0 Å². The predicted molar refractivity (Wildman–Crippen MR) is 62.5 cm³/mol. The first kappa shape index (κ1) is 14.6. The van der Waals surface area contributed by atoms with Gasteiger partial charge in [0.15, 0.2) is 23.3 Å². The summed E-state index contributed by atoms with van der Waals surface area (Å²) in [4.78, 5) is 0. The van der Waals surface area contributed by atoms with E-state index >= 15 is 0 Å². The van der Waals surface area contributed by atoms with E-state index in [1.54, 1.807) is 0 Å². The van der Waals surface area contributed by atoms with Gasteiger partial charge in [-0.05, 0) is 17.7 Å². The molecule has 0 bridgehead atoms. The number of alkyl halides is 2. The molecule has 8 heteroatoms. The largest absolute Gasteiger partial charge is 0.510 e. The van der Waals surface area contributed by atoms with Crippen molar-refractivity contribution in [3.63, 3.8) is 0 Å². The first-order valence-corrected chi connectivity index (χ1v) is 5.64. The fourth-order valence-corrected chi connectivity index (χ4v) is 2.17. The molecule has 0 saturated carbocycles. The van der Waals surface area contributed by atoms with Crippen LogP contribution in [0, 0.1) is 17.5 Å². The maximum atomic E-state index is 14.1. The molecule has 1 unspecified atom stereocenters. The summed E-state index contributed by atoms with van der Waals surface area (Å²) in [6.45, 7) is 0.